The first kappa shape index (κ1) is 23.6. The smallest absolute Gasteiger partial charge is 0.239 e. The molecule has 29 heavy (non-hydrogen) atoms. The molecule has 0 bridgehead atoms. The lowest BCUT2D eigenvalue weighted by Crippen LogP contribution is -2.09. The van der Waals surface area contributed by atoms with E-state index in [0.29, 0.717) is 44.7 Å². The molecule has 0 aliphatic rings. The average molecular weight is 420 g/mol. The third-order valence-corrected chi connectivity index (χ3v) is 6.68. The van der Waals surface area contributed by atoms with Gasteiger partial charge in [-0.25, -0.2) is 0 Å². The molecule has 1 unspecified atom stereocenters. The monoisotopic (exact) mass is 419 g/mol. The SMILES string of the molecule is CCCCOP(=O)(CCCOCc1ccccc1)COc1ccc(CCN)cc1. The summed E-state index contributed by atoms with van der Waals surface area (Å²) in [6, 6.07) is 17.8. The van der Waals surface area contributed by atoms with Gasteiger partial charge < -0.3 is 19.7 Å². The van der Waals surface area contributed by atoms with E-state index in [-0.39, 0.29) is 6.35 Å². The highest BCUT2D eigenvalue weighted by Crippen LogP contribution is 2.47. The standard InChI is InChI=1S/C23H34NO4P/c1-2-3-17-28-29(25,18-7-16-26-19-22-8-5-4-6-9-22)20-27-23-12-10-21(11-13-23)14-15-24/h4-6,8-13H,2-3,7,14-20,24H2,1H3. The summed E-state index contributed by atoms with van der Waals surface area (Å²) in [7, 11) is -2.87. The molecule has 0 fully saturated rings. The van der Waals surface area contributed by atoms with Crippen LogP contribution in [-0.4, -0.2) is 32.3 Å². The molecule has 0 aromatic heterocycles. The lowest BCUT2D eigenvalue weighted by Gasteiger charge is -2.19. The Labute approximate surface area is 175 Å². The molecule has 0 amide bonds. The van der Waals surface area contributed by atoms with Gasteiger partial charge in [-0.2, -0.15) is 0 Å². The van der Waals surface area contributed by atoms with E-state index in [1.54, 1.807) is 0 Å². The van der Waals surface area contributed by atoms with Crippen molar-refractivity contribution in [1.82, 2.24) is 0 Å². The van der Waals surface area contributed by atoms with Gasteiger partial charge in [0, 0.05) is 12.8 Å². The van der Waals surface area contributed by atoms with Crippen LogP contribution in [0.15, 0.2) is 54.6 Å². The highest BCUT2D eigenvalue weighted by atomic mass is 31.2. The van der Waals surface area contributed by atoms with E-state index in [9.17, 15) is 4.57 Å². The maximum absolute atomic E-state index is 13.2. The van der Waals surface area contributed by atoms with Crippen molar-refractivity contribution in [3.05, 3.63) is 65.7 Å². The van der Waals surface area contributed by atoms with Gasteiger partial charge in [-0.15, -0.1) is 0 Å². The Morgan fingerprint density at radius 3 is 2.38 bits per heavy atom. The molecule has 0 saturated heterocycles. The summed E-state index contributed by atoms with van der Waals surface area (Å²) in [6.07, 6.45) is 3.95. The maximum Gasteiger partial charge on any atom is 0.239 e. The van der Waals surface area contributed by atoms with Crippen LogP contribution in [0, 0.1) is 0 Å². The Balaban J connectivity index is 1.80. The van der Waals surface area contributed by atoms with Gasteiger partial charge in [-0.05, 0) is 49.1 Å². The van der Waals surface area contributed by atoms with Crippen molar-refractivity contribution in [1.29, 1.82) is 0 Å². The summed E-state index contributed by atoms with van der Waals surface area (Å²) in [6.45, 7) is 4.31. The van der Waals surface area contributed by atoms with E-state index < -0.39 is 7.37 Å². The van der Waals surface area contributed by atoms with Crippen molar-refractivity contribution < 1.29 is 18.6 Å². The summed E-state index contributed by atoms with van der Waals surface area (Å²) in [5, 5.41) is 0. The van der Waals surface area contributed by atoms with E-state index in [1.807, 2.05) is 54.6 Å². The van der Waals surface area contributed by atoms with E-state index in [1.165, 1.54) is 0 Å². The average Bonchev–Trinajstić information content (AvgIpc) is 2.74. The molecular formula is C23H34NO4P. The Kier molecular flexibility index (Phi) is 11.0. The van der Waals surface area contributed by atoms with Crippen LogP contribution in [0.5, 0.6) is 5.75 Å². The summed E-state index contributed by atoms with van der Waals surface area (Å²) in [5.41, 5.74) is 7.88. The molecule has 2 aromatic rings. The van der Waals surface area contributed by atoms with Crippen LogP contribution in [0.2, 0.25) is 0 Å². The van der Waals surface area contributed by atoms with Crippen molar-refractivity contribution in [2.45, 2.75) is 39.2 Å². The molecule has 0 radical (unpaired) electrons. The fraction of sp³-hybridized carbons (Fsp3) is 0.478. The first-order valence-corrected chi connectivity index (χ1v) is 12.4. The van der Waals surface area contributed by atoms with Crippen LogP contribution in [-0.2, 0) is 26.9 Å². The second-order valence-electron chi connectivity index (χ2n) is 7.07. The molecule has 0 aliphatic carbocycles. The fourth-order valence-corrected chi connectivity index (χ4v) is 4.56. The van der Waals surface area contributed by atoms with E-state index >= 15 is 0 Å². The van der Waals surface area contributed by atoms with E-state index in [0.717, 1.165) is 30.4 Å². The molecule has 1 atom stereocenters. The van der Waals surface area contributed by atoms with Gasteiger partial charge in [0.1, 0.15) is 5.75 Å². The number of ether oxygens (including phenoxy) is 2. The van der Waals surface area contributed by atoms with Crippen LogP contribution in [0.4, 0.5) is 0 Å². The third-order valence-electron chi connectivity index (χ3n) is 4.51. The minimum atomic E-state index is -2.87. The van der Waals surface area contributed by atoms with Crippen molar-refractivity contribution in [2.24, 2.45) is 5.73 Å². The van der Waals surface area contributed by atoms with Crippen LogP contribution in [0.1, 0.15) is 37.3 Å². The normalized spacial score (nSPS) is 13.2. The highest BCUT2D eigenvalue weighted by molar-refractivity contribution is 7.58. The quantitative estimate of drug-likeness (QED) is 0.316. The molecule has 0 spiro atoms. The minimum absolute atomic E-state index is 0.0889. The van der Waals surface area contributed by atoms with Crippen molar-refractivity contribution in [3.8, 4) is 5.75 Å². The summed E-state index contributed by atoms with van der Waals surface area (Å²) in [4.78, 5) is 0. The lowest BCUT2D eigenvalue weighted by atomic mass is 10.1. The number of benzene rings is 2. The maximum atomic E-state index is 13.2. The van der Waals surface area contributed by atoms with Crippen LogP contribution in [0.25, 0.3) is 0 Å². The molecule has 0 aliphatic heterocycles. The molecular weight excluding hydrogens is 385 g/mol. The largest absolute Gasteiger partial charge is 0.484 e. The van der Waals surface area contributed by atoms with Crippen LogP contribution >= 0.6 is 7.37 Å². The van der Waals surface area contributed by atoms with Gasteiger partial charge in [-0.1, -0.05) is 55.8 Å². The first-order chi connectivity index (χ1) is 14.1. The lowest BCUT2D eigenvalue weighted by molar-refractivity contribution is 0.121. The van der Waals surface area contributed by atoms with Gasteiger partial charge in [0.2, 0.25) is 7.37 Å². The molecule has 6 heteroatoms. The molecule has 2 rings (SSSR count). The topological polar surface area (TPSA) is 70.8 Å². The Bertz CT molecular complexity index is 721. The van der Waals surface area contributed by atoms with E-state index in [2.05, 4.69) is 6.92 Å². The molecule has 2 N–H and O–H groups in total. The number of rotatable bonds is 15. The van der Waals surface area contributed by atoms with Gasteiger partial charge in [0.15, 0.2) is 6.35 Å². The zero-order valence-corrected chi connectivity index (χ0v) is 18.3. The minimum Gasteiger partial charge on any atom is -0.484 e. The van der Waals surface area contributed by atoms with Crippen LogP contribution < -0.4 is 10.5 Å². The third kappa shape index (κ3) is 9.60. The van der Waals surface area contributed by atoms with Gasteiger partial charge >= 0.3 is 0 Å². The second kappa shape index (κ2) is 13.6. The predicted molar refractivity (Wildman–Crippen MR) is 119 cm³/mol. The second-order valence-corrected chi connectivity index (χ2v) is 9.67. The van der Waals surface area contributed by atoms with Crippen molar-refractivity contribution in [3.63, 3.8) is 0 Å². The summed E-state index contributed by atoms with van der Waals surface area (Å²) >= 11 is 0. The summed E-state index contributed by atoms with van der Waals surface area (Å²) < 4.78 is 30.5. The van der Waals surface area contributed by atoms with Gasteiger partial charge in [0.25, 0.3) is 0 Å². The number of unbranched alkanes of at least 4 members (excludes halogenated alkanes) is 1. The molecule has 2 aromatic carbocycles. The number of nitrogens with two attached hydrogens (primary N) is 1. The molecule has 5 nitrogen and oxygen atoms in total. The predicted octanol–water partition coefficient (Wildman–Crippen LogP) is 5.23. The molecule has 160 valence electrons. The number of hydrogen-bond donors (Lipinski definition) is 1. The fourth-order valence-electron chi connectivity index (χ4n) is 2.81. The molecule has 0 saturated carbocycles. The number of hydrogen-bond acceptors (Lipinski definition) is 5. The Morgan fingerprint density at radius 2 is 1.69 bits per heavy atom. The Morgan fingerprint density at radius 1 is 0.931 bits per heavy atom. The molecule has 0 heterocycles. The van der Waals surface area contributed by atoms with Gasteiger partial charge in [-0.3, -0.25) is 4.57 Å². The summed E-state index contributed by atoms with van der Waals surface area (Å²) in [5.74, 6) is 0.699. The zero-order chi connectivity index (χ0) is 20.8. The van der Waals surface area contributed by atoms with Crippen molar-refractivity contribution >= 4 is 7.37 Å². The highest BCUT2D eigenvalue weighted by Gasteiger charge is 2.24. The van der Waals surface area contributed by atoms with Crippen LogP contribution in [0.3, 0.4) is 0 Å². The van der Waals surface area contributed by atoms with Gasteiger partial charge in [0.05, 0.1) is 13.2 Å². The first-order valence-electron chi connectivity index (χ1n) is 10.4. The zero-order valence-electron chi connectivity index (χ0n) is 17.4. The van der Waals surface area contributed by atoms with E-state index in [4.69, 9.17) is 19.7 Å². The Hall–Kier alpha value is -1.65. The van der Waals surface area contributed by atoms with Crippen molar-refractivity contribution in [2.75, 3.05) is 32.3 Å².